The van der Waals surface area contributed by atoms with Crippen LogP contribution in [0.1, 0.15) is 0 Å². The second kappa shape index (κ2) is 2.62. The molecule has 1 unspecified atom stereocenters. The summed E-state index contributed by atoms with van der Waals surface area (Å²) in [6.45, 7) is 0. The first kappa shape index (κ1) is 7.34. The standard InChI is InChI=1S/C9H10N2O/c1-11(12)8-3-2-7-4-5-10-9(7)6-8/h2-6,10-11H,1H3. The van der Waals surface area contributed by atoms with Gasteiger partial charge in [0.25, 0.3) is 0 Å². The third kappa shape index (κ3) is 1.09. The van der Waals surface area contributed by atoms with Gasteiger partial charge in [-0.25, -0.2) is 0 Å². The van der Waals surface area contributed by atoms with Crippen molar-refractivity contribution < 1.29 is 5.06 Å². The van der Waals surface area contributed by atoms with E-state index in [1.807, 2.05) is 30.5 Å². The van der Waals surface area contributed by atoms with Crippen molar-refractivity contribution >= 4 is 16.6 Å². The van der Waals surface area contributed by atoms with Crippen LogP contribution in [0.2, 0.25) is 0 Å². The van der Waals surface area contributed by atoms with E-state index in [9.17, 15) is 5.21 Å². The van der Waals surface area contributed by atoms with E-state index < -0.39 is 0 Å². The van der Waals surface area contributed by atoms with Crippen LogP contribution in [0.25, 0.3) is 10.9 Å². The molecule has 3 nitrogen and oxygen atoms in total. The van der Waals surface area contributed by atoms with Gasteiger partial charge in [0.1, 0.15) is 5.69 Å². The van der Waals surface area contributed by atoms with Gasteiger partial charge in [0, 0.05) is 18.3 Å². The van der Waals surface area contributed by atoms with E-state index in [4.69, 9.17) is 0 Å². The molecule has 2 rings (SSSR count). The zero-order valence-corrected chi connectivity index (χ0v) is 6.79. The van der Waals surface area contributed by atoms with Crippen molar-refractivity contribution in [3.63, 3.8) is 0 Å². The van der Waals surface area contributed by atoms with Crippen LogP contribution in [-0.4, -0.2) is 12.0 Å². The van der Waals surface area contributed by atoms with E-state index in [-0.39, 0.29) is 5.06 Å². The average molecular weight is 162 g/mol. The highest BCUT2D eigenvalue weighted by Gasteiger charge is 1.99. The van der Waals surface area contributed by atoms with Crippen molar-refractivity contribution in [2.75, 3.05) is 7.05 Å². The van der Waals surface area contributed by atoms with Crippen molar-refractivity contribution in [1.29, 1.82) is 0 Å². The molecule has 0 aliphatic carbocycles. The van der Waals surface area contributed by atoms with Crippen LogP contribution >= 0.6 is 0 Å². The van der Waals surface area contributed by atoms with Crippen molar-refractivity contribution in [2.45, 2.75) is 0 Å². The lowest BCUT2D eigenvalue weighted by molar-refractivity contribution is -0.751. The summed E-state index contributed by atoms with van der Waals surface area (Å²) in [5.41, 5.74) is 1.77. The fraction of sp³-hybridized carbons (Fsp3) is 0.111. The predicted molar refractivity (Wildman–Crippen MR) is 48.2 cm³/mol. The first-order valence-corrected chi connectivity index (χ1v) is 3.85. The Bertz CT molecular complexity index is 392. The number of hydrogen-bond donors (Lipinski definition) is 2. The van der Waals surface area contributed by atoms with E-state index in [2.05, 4.69) is 4.98 Å². The van der Waals surface area contributed by atoms with Gasteiger partial charge < -0.3 is 15.3 Å². The van der Waals surface area contributed by atoms with E-state index >= 15 is 0 Å². The summed E-state index contributed by atoms with van der Waals surface area (Å²) in [7, 11) is 1.57. The second-order valence-corrected chi connectivity index (χ2v) is 2.84. The van der Waals surface area contributed by atoms with Gasteiger partial charge in [-0.3, -0.25) is 0 Å². The Kier molecular flexibility index (Phi) is 1.60. The van der Waals surface area contributed by atoms with Crippen molar-refractivity contribution in [3.8, 4) is 0 Å². The molecule has 0 aliphatic rings. The van der Waals surface area contributed by atoms with Gasteiger partial charge in [-0.1, -0.05) is 0 Å². The molecule has 0 radical (unpaired) electrons. The van der Waals surface area contributed by atoms with Crippen LogP contribution in [0.3, 0.4) is 0 Å². The number of fused-ring (bicyclic) bond motifs is 1. The molecule has 0 saturated heterocycles. The molecule has 62 valence electrons. The summed E-state index contributed by atoms with van der Waals surface area (Å²) in [6, 6.07) is 7.65. The minimum atomic E-state index is 0.103. The Labute approximate surface area is 70.2 Å². The first-order chi connectivity index (χ1) is 5.77. The van der Waals surface area contributed by atoms with Gasteiger partial charge in [0.05, 0.1) is 12.6 Å². The topological polar surface area (TPSA) is 43.3 Å². The molecule has 0 spiro atoms. The lowest BCUT2D eigenvalue weighted by Crippen LogP contribution is -2.98. The SMILES string of the molecule is C[NH+]([O-])c1ccc2cc[nH]c2c1. The van der Waals surface area contributed by atoms with Crippen molar-refractivity contribution in [3.05, 3.63) is 35.7 Å². The molecule has 12 heavy (non-hydrogen) atoms. The minimum Gasteiger partial charge on any atom is -0.629 e. The fourth-order valence-corrected chi connectivity index (χ4v) is 1.27. The number of aromatic amines is 1. The van der Waals surface area contributed by atoms with Gasteiger partial charge in [-0.2, -0.15) is 0 Å². The molecule has 2 N–H and O–H groups in total. The predicted octanol–water partition coefficient (Wildman–Crippen LogP) is 0.812. The minimum absolute atomic E-state index is 0.103. The normalized spacial score (nSPS) is 13.5. The molecule has 1 atom stereocenters. The van der Waals surface area contributed by atoms with E-state index in [0.717, 1.165) is 16.6 Å². The van der Waals surface area contributed by atoms with Crippen LogP contribution in [0.15, 0.2) is 30.5 Å². The van der Waals surface area contributed by atoms with Gasteiger partial charge in [-0.05, 0) is 17.5 Å². The molecule has 3 heteroatoms. The van der Waals surface area contributed by atoms with Crippen molar-refractivity contribution in [1.82, 2.24) is 4.98 Å². The fourth-order valence-electron chi connectivity index (χ4n) is 1.27. The number of hydrogen-bond acceptors (Lipinski definition) is 1. The summed E-state index contributed by atoms with van der Waals surface area (Å²) < 4.78 is 0. The summed E-state index contributed by atoms with van der Waals surface area (Å²) >= 11 is 0. The molecule has 1 aromatic carbocycles. The maximum Gasteiger partial charge on any atom is 0.133 e. The summed E-state index contributed by atoms with van der Waals surface area (Å²) in [5, 5.41) is 12.2. The Morgan fingerprint density at radius 2 is 2.17 bits per heavy atom. The third-order valence-electron chi connectivity index (χ3n) is 1.96. The largest absolute Gasteiger partial charge is 0.629 e. The van der Waals surface area contributed by atoms with Crippen LogP contribution in [-0.2, 0) is 0 Å². The number of nitrogens with one attached hydrogen (secondary N) is 2. The zero-order valence-electron chi connectivity index (χ0n) is 6.79. The summed E-state index contributed by atoms with van der Waals surface area (Å²) in [5.74, 6) is 0. The highest BCUT2D eigenvalue weighted by molar-refractivity contribution is 5.81. The average Bonchev–Trinajstić information content (AvgIpc) is 2.49. The number of aromatic nitrogens is 1. The van der Waals surface area contributed by atoms with E-state index in [0.29, 0.717) is 0 Å². The molecule has 1 heterocycles. The molecule has 0 amide bonds. The Morgan fingerprint density at radius 3 is 2.92 bits per heavy atom. The number of rotatable bonds is 1. The molecule has 0 aliphatic heterocycles. The van der Waals surface area contributed by atoms with Gasteiger partial charge >= 0.3 is 0 Å². The van der Waals surface area contributed by atoms with E-state index in [1.165, 1.54) is 0 Å². The molecule has 0 fully saturated rings. The lowest BCUT2D eigenvalue weighted by atomic mass is 10.2. The molecule has 2 aromatic rings. The maximum atomic E-state index is 11.0. The smallest absolute Gasteiger partial charge is 0.133 e. The van der Waals surface area contributed by atoms with Gasteiger partial charge in [-0.15, -0.1) is 0 Å². The van der Waals surface area contributed by atoms with E-state index in [1.54, 1.807) is 7.05 Å². The first-order valence-electron chi connectivity index (χ1n) is 3.85. The van der Waals surface area contributed by atoms with Crippen LogP contribution in [0.4, 0.5) is 5.69 Å². The number of hydroxylamine groups is 1. The zero-order chi connectivity index (χ0) is 8.55. The highest BCUT2D eigenvalue weighted by Crippen LogP contribution is 2.14. The van der Waals surface area contributed by atoms with Crippen molar-refractivity contribution in [2.24, 2.45) is 0 Å². The number of quaternary nitrogens is 1. The molecular formula is C9H10N2O. The highest BCUT2D eigenvalue weighted by atomic mass is 16.5. The molecule has 0 saturated carbocycles. The second-order valence-electron chi connectivity index (χ2n) is 2.84. The number of H-pyrrole nitrogens is 1. The van der Waals surface area contributed by atoms with Gasteiger partial charge in [0.2, 0.25) is 0 Å². The Morgan fingerprint density at radius 1 is 1.33 bits per heavy atom. The molecule has 1 aromatic heterocycles. The summed E-state index contributed by atoms with van der Waals surface area (Å²) in [4.78, 5) is 3.06. The molecular weight excluding hydrogens is 152 g/mol. The quantitative estimate of drug-likeness (QED) is 0.599. The van der Waals surface area contributed by atoms with Crippen LogP contribution < -0.4 is 5.06 Å². The molecule has 0 bridgehead atoms. The third-order valence-corrected chi connectivity index (χ3v) is 1.96. The Balaban J connectivity index is 2.60. The monoisotopic (exact) mass is 162 g/mol. The van der Waals surface area contributed by atoms with Gasteiger partial charge in [0.15, 0.2) is 0 Å². The Hall–Kier alpha value is -1.32. The maximum absolute atomic E-state index is 11.0. The van der Waals surface area contributed by atoms with Crippen LogP contribution in [0, 0.1) is 5.21 Å². The lowest BCUT2D eigenvalue weighted by Gasteiger charge is -2.14. The van der Waals surface area contributed by atoms with Crippen LogP contribution in [0.5, 0.6) is 0 Å². The number of benzene rings is 1. The summed E-state index contributed by atoms with van der Waals surface area (Å²) in [6.07, 6.45) is 1.87.